The highest BCUT2D eigenvalue weighted by Crippen LogP contribution is 2.62. The molecule has 1 aliphatic heterocycles. The van der Waals surface area contributed by atoms with E-state index in [1.165, 1.54) is 19.3 Å². The van der Waals surface area contributed by atoms with Gasteiger partial charge in [0.15, 0.2) is 0 Å². The number of para-hydroxylation sites is 1. The predicted molar refractivity (Wildman–Crippen MR) is 149 cm³/mol. The summed E-state index contributed by atoms with van der Waals surface area (Å²) < 4.78 is 6.19. The van der Waals surface area contributed by atoms with Gasteiger partial charge in [0.25, 0.3) is 0 Å². The van der Waals surface area contributed by atoms with Crippen LogP contribution in [0.4, 0.5) is 5.69 Å². The zero-order valence-electron chi connectivity index (χ0n) is 22.3. The summed E-state index contributed by atoms with van der Waals surface area (Å²) in [6.07, 6.45) is 9.38. The fourth-order valence-electron chi connectivity index (χ4n) is 8.69. The van der Waals surface area contributed by atoms with Crippen LogP contribution in [0.1, 0.15) is 82.0 Å². The molecule has 1 aromatic carbocycles. The van der Waals surface area contributed by atoms with Crippen molar-refractivity contribution in [2.24, 2.45) is 29.1 Å². The van der Waals surface area contributed by atoms with Gasteiger partial charge in [-0.25, -0.2) is 4.79 Å². The van der Waals surface area contributed by atoms with Crippen molar-refractivity contribution < 1.29 is 14.3 Å². The van der Waals surface area contributed by atoms with Crippen molar-refractivity contribution >= 4 is 40.8 Å². The number of nitrogens with zero attached hydrogens (tertiary/aromatic N) is 1. The van der Waals surface area contributed by atoms with E-state index in [1.807, 2.05) is 24.3 Å². The maximum absolute atomic E-state index is 13.4. The number of rotatable bonds is 7. The minimum atomic E-state index is -0.238. The molecule has 3 saturated carbocycles. The van der Waals surface area contributed by atoms with Crippen LogP contribution in [-0.4, -0.2) is 48.4 Å². The normalized spacial score (nSPS) is 37.0. The molecule has 204 valence electrons. The number of piperidine rings is 1. The van der Waals surface area contributed by atoms with E-state index in [0.29, 0.717) is 65.9 Å². The van der Waals surface area contributed by atoms with Crippen LogP contribution in [0.3, 0.4) is 0 Å². The summed E-state index contributed by atoms with van der Waals surface area (Å²) in [5, 5.41) is 3.37. The number of fused-ring (bicyclic) bond motifs is 5. The van der Waals surface area contributed by atoms with Gasteiger partial charge in [-0.05, 0) is 99.5 Å². The number of esters is 1. The molecule has 1 heterocycles. The standard InChI is InChI=1S/C30H42Cl2N2O3/c1-29-13-11-21(37-28(36)23-5-3-4-6-26(23)34(17-15-31)18-16-32)19-20(29)7-8-22-24(29)12-14-30(2)25(22)9-10-27(35)33-30/h3-6,20-22,24-25H,7-19H2,1-2H3,(H,33,35)/t20-,21-,22+,24-,25-,29-,30?/m0/s1. The Labute approximate surface area is 232 Å². The number of benzene rings is 1. The summed E-state index contributed by atoms with van der Waals surface area (Å²) in [6.45, 7) is 6.07. The molecule has 0 radical (unpaired) electrons. The molecule has 0 aromatic heterocycles. The number of hydrogen-bond acceptors (Lipinski definition) is 4. The lowest BCUT2D eigenvalue weighted by Gasteiger charge is -2.62. The topological polar surface area (TPSA) is 58.6 Å². The summed E-state index contributed by atoms with van der Waals surface area (Å²) in [6, 6.07) is 7.65. The molecule has 3 aliphatic carbocycles. The van der Waals surface area contributed by atoms with Crippen LogP contribution in [0.5, 0.6) is 0 Å². The first-order chi connectivity index (χ1) is 17.8. The molecule has 1 aromatic rings. The van der Waals surface area contributed by atoms with Gasteiger partial charge in [0.2, 0.25) is 5.91 Å². The highest BCUT2D eigenvalue weighted by molar-refractivity contribution is 6.18. The lowest BCUT2D eigenvalue weighted by atomic mass is 9.45. The molecule has 5 rings (SSSR count). The second kappa shape index (κ2) is 11.0. The van der Waals surface area contributed by atoms with E-state index in [-0.39, 0.29) is 23.5 Å². The van der Waals surface area contributed by atoms with Crippen LogP contribution in [0.2, 0.25) is 0 Å². The highest BCUT2D eigenvalue weighted by atomic mass is 35.5. The fourth-order valence-corrected chi connectivity index (χ4v) is 9.10. The Morgan fingerprint density at radius 2 is 1.78 bits per heavy atom. The molecular formula is C30H42Cl2N2O3. The van der Waals surface area contributed by atoms with Gasteiger partial charge in [-0.2, -0.15) is 0 Å². The van der Waals surface area contributed by atoms with Crippen molar-refractivity contribution in [3.05, 3.63) is 29.8 Å². The van der Waals surface area contributed by atoms with Crippen molar-refractivity contribution in [1.82, 2.24) is 5.32 Å². The smallest absolute Gasteiger partial charge is 0.340 e. The predicted octanol–water partition coefficient (Wildman–Crippen LogP) is 6.41. The van der Waals surface area contributed by atoms with Crippen LogP contribution in [0.15, 0.2) is 24.3 Å². The van der Waals surface area contributed by atoms with E-state index in [4.69, 9.17) is 27.9 Å². The number of nitrogens with one attached hydrogen (secondary N) is 1. The zero-order chi connectivity index (χ0) is 26.2. The lowest BCUT2D eigenvalue weighted by molar-refractivity contribution is -0.142. The van der Waals surface area contributed by atoms with Crippen molar-refractivity contribution in [2.45, 2.75) is 83.3 Å². The van der Waals surface area contributed by atoms with E-state index in [1.54, 1.807) is 0 Å². The number of hydrogen-bond donors (Lipinski definition) is 1. The maximum atomic E-state index is 13.4. The number of amides is 1. The molecule has 1 unspecified atom stereocenters. The molecule has 0 spiro atoms. The Hall–Kier alpha value is -1.46. The minimum absolute atomic E-state index is 0.0272. The maximum Gasteiger partial charge on any atom is 0.340 e. The van der Waals surface area contributed by atoms with Gasteiger partial charge in [0.1, 0.15) is 6.10 Å². The number of anilines is 1. The Balaban J connectivity index is 1.26. The van der Waals surface area contributed by atoms with E-state index in [0.717, 1.165) is 37.8 Å². The Kier molecular flexibility index (Phi) is 8.03. The number of ether oxygens (including phenoxy) is 1. The summed E-state index contributed by atoms with van der Waals surface area (Å²) in [5.74, 6) is 3.51. The van der Waals surface area contributed by atoms with E-state index >= 15 is 0 Å². The first-order valence-electron chi connectivity index (χ1n) is 14.3. The molecule has 4 fully saturated rings. The van der Waals surface area contributed by atoms with Gasteiger partial charge >= 0.3 is 5.97 Å². The van der Waals surface area contributed by atoms with Gasteiger partial charge in [-0.1, -0.05) is 19.1 Å². The molecule has 4 aliphatic rings. The minimum Gasteiger partial charge on any atom is -0.459 e. The number of halogens is 2. The van der Waals surface area contributed by atoms with Gasteiger partial charge in [0.05, 0.1) is 11.3 Å². The van der Waals surface area contributed by atoms with Crippen LogP contribution >= 0.6 is 23.2 Å². The van der Waals surface area contributed by atoms with Crippen LogP contribution in [-0.2, 0) is 9.53 Å². The summed E-state index contributed by atoms with van der Waals surface area (Å²) in [5.41, 5.74) is 1.71. The number of carbonyl (C=O) groups is 2. The first-order valence-corrected chi connectivity index (χ1v) is 15.3. The van der Waals surface area contributed by atoms with E-state index in [2.05, 4.69) is 24.1 Å². The van der Waals surface area contributed by atoms with Gasteiger partial charge in [-0.3, -0.25) is 4.79 Å². The molecule has 37 heavy (non-hydrogen) atoms. The monoisotopic (exact) mass is 548 g/mol. The van der Waals surface area contributed by atoms with Crippen LogP contribution in [0.25, 0.3) is 0 Å². The third kappa shape index (κ3) is 5.12. The molecule has 7 heteroatoms. The summed E-state index contributed by atoms with van der Waals surface area (Å²) >= 11 is 12.1. The molecule has 5 nitrogen and oxygen atoms in total. The first kappa shape index (κ1) is 27.1. The van der Waals surface area contributed by atoms with Crippen LogP contribution in [0, 0.1) is 29.1 Å². The molecule has 1 amide bonds. The molecule has 0 bridgehead atoms. The zero-order valence-corrected chi connectivity index (χ0v) is 23.8. The van der Waals surface area contributed by atoms with Crippen molar-refractivity contribution in [2.75, 3.05) is 29.7 Å². The van der Waals surface area contributed by atoms with Crippen molar-refractivity contribution in [1.29, 1.82) is 0 Å². The quantitative estimate of drug-likeness (QED) is 0.316. The second-order valence-corrected chi connectivity index (χ2v) is 13.1. The Morgan fingerprint density at radius 3 is 2.54 bits per heavy atom. The van der Waals surface area contributed by atoms with Crippen molar-refractivity contribution in [3.8, 4) is 0 Å². The average Bonchev–Trinajstić information content (AvgIpc) is 2.88. The van der Waals surface area contributed by atoms with Crippen LogP contribution < -0.4 is 10.2 Å². The third-order valence-electron chi connectivity index (χ3n) is 10.6. The number of carbonyl (C=O) groups excluding carboxylic acids is 2. The van der Waals surface area contributed by atoms with Gasteiger partial charge in [-0.15, -0.1) is 23.2 Å². The highest BCUT2D eigenvalue weighted by Gasteiger charge is 2.58. The third-order valence-corrected chi connectivity index (χ3v) is 10.9. The molecular weight excluding hydrogens is 507 g/mol. The fraction of sp³-hybridized carbons (Fsp3) is 0.733. The number of alkyl halides is 2. The van der Waals surface area contributed by atoms with Gasteiger partial charge in [0, 0.05) is 36.8 Å². The van der Waals surface area contributed by atoms with E-state index in [9.17, 15) is 9.59 Å². The van der Waals surface area contributed by atoms with E-state index < -0.39 is 0 Å². The summed E-state index contributed by atoms with van der Waals surface area (Å²) in [4.78, 5) is 27.6. The SMILES string of the molecule is CC12CC[C@H]3[C@@H](CC[C@H]4C[C@@H](OC(=O)c5ccccc5N(CCCl)CCCl)CC[C@@]43C)[C@@H]1CCC(=O)N2. The second-order valence-electron chi connectivity index (χ2n) is 12.4. The molecule has 1 saturated heterocycles. The lowest BCUT2D eigenvalue weighted by Crippen LogP contribution is -2.63. The molecule has 7 atom stereocenters. The van der Waals surface area contributed by atoms with Crippen molar-refractivity contribution in [3.63, 3.8) is 0 Å². The van der Waals surface area contributed by atoms with Gasteiger partial charge < -0.3 is 15.0 Å². The average molecular weight is 550 g/mol. The molecule has 1 N–H and O–H groups in total. The Bertz CT molecular complexity index is 999. The largest absolute Gasteiger partial charge is 0.459 e. The Morgan fingerprint density at radius 1 is 1.03 bits per heavy atom. The summed E-state index contributed by atoms with van der Waals surface area (Å²) in [7, 11) is 0.